The number of hydrogen-bond donors (Lipinski definition) is 0. The zero-order valence-corrected chi connectivity index (χ0v) is 11.6. The van der Waals surface area contributed by atoms with Gasteiger partial charge in [0.05, 0.1) is 15.9 Å². The first-order valence-electron chi connectivity index (χ1n) is 5.29. The van der Waals surface area contributed by atoms with Gasteiger partial charge in [0.1, 0.15) is 0 Å². The number of halogens is 4. The summed E-state index contributed by atoms with van der Waals surface area (Å²) in [4.78, 5) is 7.21. The second kappa shape index (κ2) is 4.92. The van der Waals surface area contributed by atoms with E-state index in [0.29, 0.717) is 15.9 Å². The molecular weight excluding hydrogens is 297 g/mol. The third kappa shape index (κ3) is 3.18. The Hall–Kier alpha value is -0.650. The van der Waals surface area contributed by atoms with Crippen LogP contribution >= 0.6 is 15.9 Å². The van der Waals surface area contributed by atoms with Gasteiger partial charge in [-0.15, -0.1) is 0 Å². The van der Waals surface area contributed by atoms with Crippen LogP contribution in [-0.4, -0.2) is 9.97 Å². The van der Waals surface area contributed by atoms with Gasteiger partial charge in [-0.1, -0.05) is 27.7 Å². The van der Waals surface area contributed by atoms with Crippen molar-refractivity contribution in [3.05, 3.63) is 21.7 Å². The molecule has 6 heteroatoms. The molecule has 0 atom stereocenters. The Morgan fingerprint density at radius 1 is 0.941 bits per heavy atom. The van der Waals surface area contributed by atoms with Crippen molar-refractivity contribution in [3.8, 4) is 0 Å². The maximum absolute atomic E-state index is 12.7. The summed E-state index contributed by atoms with van der Waals surface area (Å²) in [6.45, 7) is 7.21. The van der Waals surface area contributed by atoms with E-state index < -0.39 is 12.0 Å². The molecule has 1 aromatic heterocycles. The Morgan fingerprint density at radius 2 is 1.29 bits per heavy atom. The highest BCUT2D eigenvalue weighted by Crippen LogP contribution is 2.34. The summed E-state index contributed by atoms with van der Waals surface area (Å²) < 4.78 is 38.6. The lowest BCUT2D eigenvalue weighted by atomic mass is 10.0. The first-order chi connectivity index (χ1) is 7.64. The summed E-state index contributed by atoms with van der Waals surface area (Å²) in [5.74, 6) is -1.25. The summed E-state index contributed by atoms with van der Waals surface area (Å²) >= 11 is 3.29. The molecular formula is C11H14BrF3N2. The third-order valence-corrected chi connectivity index (χ3v) is 3.06. The zero-order chi connectivity index (χ0) is 13.4. The molecule has 0 aromatic carbocycles. The predicted octanol–water partition coefficient (Wildman–Crippen LogP) is 4.50. The average Bonchev–Trinajstić information content (AvgIpc) is 2.14. The molecule has 0 fully saturated rings. The maximum atomic E-state index is 12.7. The van der Waals surface area contributed by atoms with E-state index in [0.717, 1.165) is 0 Å². The lowest BCUT2D eigenvalue weighted by Crippen LogP contribution is -2.16. The van der Waals surface area contributed by atoms with Crippen LogP contribution in [0.4, 0.5) is 13.2 Å². The third-order valence-electron chi connectivity index (χ3n) is 2.25. The molecule has 0 saturated carbocycles. The number of alkyl halides is 3. The maximum Gasteiger partial charge on any atom is 0.451 e. The van der Waals surface area contributed by atoms with Gasteiger partial charge < -0.3 is 0 Å². The van der Waals surface area contributed by atoms with Gasteiger partial charge in [0, 0.05) is 0 Å². The topological polar surface area (TPSA) is 25.8 Å². The molecule has 0 spiro atoms. The fourth-order valence-corrected chi connectivity index (χ4v) is 2.47. The van der Waals surface area contributed by atoms with Crippen LogP contribution in [0.25, 0.3) is 0 Å². The van der Waals surface area contributed by atoms with E-state index in [1.54, 1.807) is 27.7 Å². The van der Waals surface area contributed by atoms with Gasteiger partial charge in [0.25, 0.3) is 0 Å². The van der Waals surface area contributed by atoms with E-state index in [-0.39, 0.29) is 11.8 Å². The van der Waals surface area contributed by atoms with Crippen molar-refractivity contribution in [1.29, 1.82) is 0 Å². The molecule has 0 aliphatic rings. The van der Waals surface area contributed by atoms with Crippen molar-refractivity contribution < 1.29 is 13.2 Å². The molecule has 0 unspecified atom stereocenters. The second-order valence-corrected chi connectivity index (χ2v) is 5.23. The van der Waals surface area contributed by atoms with Crippen LogP contribution in [0.15, 0.2) is 4.47 Å². The summed E-state index contributed by atoms with van der Waals surface area (Å²) in [7, 11) is 0. The second-order valence-electron chi connectivity index (χ2n) is 4.44. The van der Waals surface area contributed by atoms with E-state index in [2.05, 4.69) is 25.9 Å². The first kappa shape index (κ1) is 14.4. The van der Waals surface area contributed by atoms with Crippen molar-refractivity contribution in [3.63, 3.8) is 0 Å². The Kier molecular flexibility index (Phi) is 4.17. The summed E-state index contributed by atoms with van der Waals surface area (Å²) in [6.07, 6.45) is -4.51. The Balaban J connectivity index is 3.48. The smallest absolute Gasteiger partial charge is 0.228 e. The largest absolute Gasteiger partial charge is 0.451 e. The molecule has 96 valence electrons. The molecule has 0 N–H and O–H groups in total. The highest BCUT2D eigenvalue weighted by molar-refractivity contribution is 9.10. The van der Waals surface area contributed by atoms with Gasteiger partial charge >= 0.3 is 6.18 Å². The van der Waals surface area contributed by atoms with Gasteiger partial charge in [-0.05, 0) is 27.8 Å². The predicted molar refractivity (Wildman–Crippen MR) is 62.9 cm³/mol. The molecule has 17 heavy (non-hydrogen) atoms. The highest BCUT2D eigenvalue weighted by atomic mass is 79.9. The molecule has 0 amide bonds. The van der Waals surface area contributed by atoms with E-state index in [4.69, 9.17) is 0 Å². The van der Waals surface area contributed by atoms with Crippen LogP contribution in [0.1, 0.15) is 56.7 Å². The highest BCUT2D eigenvalue weighted by Gasteiger charge is 2.36. The van der Waals surface area contributed by atoms with Crippen LogP contribution < -0.4 is 0 Å². The molecule has 1 aromatic rings. The SMILES string of the molecule is CC(C)c1nc(C(F)(F)F)nc(C(C)C)c1Br. The van der Waals surface area contributed by atoms with Gasteiger partial charge in [0.2, 0.25) is 5.82 Å². The van der Waals surface area contributed by atoms with Crippen LogP contribution in [0.2, 0.25) is 0 Å². The fourth-order valence-electron chi connectivity index (χ4n) is 1.37. The van der Waals surface area contributed by atoms with E-state index >= 15 is 0 Å². The molecule has 0 aliphatic heterocycles. The van der Waals surface area contributed by atoms with Crippen molar-refractivity contribution in [2.45, 2.75) is 45.7 Å². The fraction of sp³-hybridized carbons (Fsp3) is 0.636. The van der Waals surface area contributed by atoms with Crippen LogP contribution in [0.3, 0.4) is 0 Å². The zero-order valence-electron chi connectivity index (χ0n) is 10.1. The Labute approximate surface area is 107 Å². The van der Waals surface area contributed by atoms with Crippen molar-refractivity contribution in [2.24, 2.45) is 0 Å². The van der Waals surface area contributed by atoms with E-state index in [9.17, 15) is 13.2 Å². The van der Waals surface area contributed by atoms with E-state index in [1.807, 2.05) is 0 Å². The van der Waals surface area contributed by atoms with Gasteiger partial charge in [-0.3, -0.25) is 0 Å². The van der Waals surface area contributed by atoms with Crippen LogP contribution in [0, 0.1) is 0 Å². The molecule has 0 bridgehead atoms. The van der Waals surface area contributed by atoms with Crippen molar-refractivity contribution >= 4 is 15.9 Å². The van der Waals surface area contributed by atoms with Crippen LogP contribution in [0.5, 0.6) is 0 Å². The first-order valence-corrected chi connectivity index (χ1v) is 6.08. The molecule has 0 aliphatic carbocycles. The minimum Gasteiger partial charge on any atom is -0.228 e. The number of rotatable bonds is 2. The van der Waals surface area contributed by atoms with Gasteiger partial charge in [-0.2, -0.15) is 13.2 Å². The summed E-state index contributed by atoms with van der Waals surface area (Å²) in [5.41, 5.74) is 0.798. The Morgan fingerprint density at radius 3 is 1.53 bits per heavy atom. The number of hydrogen-bond acceptors (Lipinski definition) is 2. The molecule has 1 heterocycles. The lowest BCUT2D eigenvalue weighted by molar-refractivity contribution is -0.145. The van der Waals surface area contributed by atoms with Crippen molar-refractivity contribution in [2.75, 3.05) is 0 Å². The standard InChI is InChI=1S/C11H14BrF3N2/c1-5(2)8-7(12)9(6(3)4)17-10(16-8)11(13,14)15/h5-6H,1-4H3. The summed E-state index contributed by atoms with van der Waals surface area (Å²) in [6, 6.07) is 0. The molecule has 1 rings (SSSR count). The Bertz CT molecular complexity index is 385. The average molecular weight is 311 g/mol. The minimum absolute atomic E-state index is 0.0917. The number of nitrogens with zero attached hydrogens (tertiary/aromatic N) is 2. The number of aromatic nitrogens is 2. The molecule has 0 saturated heterocycles. The molecule has 0 radical (unpaired) electrons. The normalized spacial score (nSPS) is 12.6. The summed E-state index contributed by atoms with van der Waals surface area (Å²) in [5, 5.41) is 0. The quantitative estimate of drug-likeness (QED) is 0.803. The van der Waals surface area contributed by atoms with E-state index in [1.165, 1.54) is 0 Å². The monoisotopic (exact) mass is 310 g/mol. The molecule has 2 nitrogen and oxygen atoms in total. The van der Waals surface area contributed by atoms with Gasteiger partial charge in [0.15, 0.2) is 0 Å². The lowest BCUT2D eigenvalue weighted by Gasteiger charge is -2.16. The minimum atomic E-state index is -4.51. The van der Waals surface area contributed by atoms with Crippen molar-refractivity contribution in [1.82, 2.24) is 9.97 Å². The van der Waals surface area contributed by atoms with Gasteiger partial charge in [-0.25, -0.2) is 9.97 Å². The van der Waals surface area contributed by atoms with Crippen LogP contribution in [-0.2, 0) is 6.18 Å².